The van der Waals surface area contributed by atoms with E-state index in [0.29, 0.717) is 11.3 Å². The molecule has 5 heteroatoms. The molecule has 2 aromatic heterocycles. The highest BCUT2D eigenvalue weighted by molar-refractivity contribution is 5.94. The van der Waals surface area contributed by atoms with Crippen LogP contribution in [0.3, 0.4) is 0 Å². The van der Waals surface area contributed by atoms with Crippen LogP contribution in [-0.2, 0) is 6.54 Å². The van der Waals surface area contributed by atoms with Gasteiger partial charge in [0.05, 0.1) is 18.0 Å². The van der Waals surface area contributed by atoms with E-state index >= 15 is 0 Å². The summed E-state index contributed by atoms with van der Waals surface area (Å²) in [5.41, 5.74) is 3.00. The van der Waals surface area contributed by atoms with Crippen molar-refractivity contribution >= 4 is 12.1 Å². The highest BCUT2D eigenvalue weighted by Crippen LogP contribution is 1.96. The van der Waals surface area contributed by atoms with Gasteiger partial charge in [0.1, 0.15) is 12.3 Å². The molecule has 0 saturated carbocycles. The molecule has 5 nitrogen and oxygen atoms in total. The fourth-order valence-corrected chi connectivity index (χ4v) is 1.40. The van der Waals surface area contributed by atoms with Gasteiger partial charge in [0, 0.05) is 12.1 Å². The van der Waals surface area contributed by atoms with Crippen LogP contribution in [0, 0.1) is 0 Å². The number of amides is 1. The van der Waals surface area contributed by atoms with Crippen LogP contribution in [-0.4, -0.2) is 12.1 Å². The maximum Gasteiger partial charge on any atom is 0.271 e. The number of rotatable bonds is 4. The molecule has 0 saturated heterocycles. The minimum Gasteiger partial charge on any atom is -0.463 e. The second-order valence-corrected chi connectivity index (χ2v) is 3.63. The van der Waals surface area contributed by atoms with Crippen LogP contribution < -0.4 is 9.99 Å². The molecule has 18 heavy (non-hydrogen) atoms. The normalized spacial score (nSPS) is 10.7. The molecule has 92 valence electrons. The van der Waals surface area contributed by atoms with Gasteiger partial charge >= 0.3 is 0 Å². The molecule has 1 amide bonds. The number of nitrogens with zero attached hydrogens (tertiary/aromatic N) is 2. The van der Waals surface area contributed by atoms with E-state index in [1.165, 1.54) is 6.21 Å². The number of aromatic nitrogens is 1. The van der Waals surface area contributed by atoms with Crippen molar-refractivity contribution in [3.05, 3.63) is 54.2 Å². The zero-order valence-electron chi connectivity index (χ0n) is 10.0. The van der Waals surface area contributed by atoms with E-state index in [9.17, 15) is 4.79 Å². The van der Waals surface area contributed by atoms with E-state index in [1.54, 1.807) is 30.5 Å². The van der Waals surface area contributed by atoms with E-state index in [-0.39, 0.29) is 5.91 Å². The van der Waals surface area contributed by atoms with Gasteiger partial charge in [-0.15, -0.1) is 0 Å². The van der Waals surface area contributed by atoms with Gasteiger partial charge in [-0.05, 0) is 19.1 Å². The third-order valence-corrected chi connectivity index (χ3v) is 2.42. The monoisotopic (exact) mass is 244 g/mol. The largest absolute Gasteiger partial charge is 0.463 e. The van der Waals surface area contributed by atoms with Gasteiger partial charge in [-0.25, -0.2) is 9.99 Å². The molecule has 0 aliphatic heterocycles. The Balaban J connectivity index is 1.95. The lowest BCUT2D eigenvalue weighted by Gasteiger charge is -1.98. The lowest BCUT2D eigenvalue weighted by atomic mass is 10.2. The summed E-state index contributed by atoms with van der Waals surface area (Å²) in [6.07, 6.45) is 6.70. The Hall–Kier alpha value is -2.43. The highest BCUT2D eigenvalue weighted by Gasteiger charge is 2.06. The van der Waals surface area contributed by atoms with Crippen LogP contribution >= 0.6 is 0 Å². The Morgan fingerprint density at radius 2 is 2.22 bits per heavy atom. The average Bonchev–Trinajstić information content (AvgIpc) is 2.92. The van der Waals surface area contributed by atoms with Gasteiger partial charge in [0.25, 0.3) is 5.91 Å². The second-order valence-electron chi connectivity index (χ2n) is 3.63. The molecular formula is C13H14N3O2+. The molecule has 0 fully saturated rings. The lowest BCUT2D eigenvalue weighted by molar-refractivity contribution is -0.693. The highest BCUT2D eigenvalue weighted by atomic mass is 16.3. The van der Waals surface area contributed by atoms with E-state index in [2.05, 4.69) is 10.5 Å². The number of aryl methyl sites for hydroxylation is 1. The molecule has 0 bridgehead atoms. The zero-order valence-corrected chi connectivity index (χ0v) is 10.0. The molecule has 0 radical (unpaired) electrons. The van der Waals surface area contributed by atoms with Crippen molar-refractivity contribution in [2.45, 2.75) is 13.5 Å². The van der Waals surface area contributed by atoms with Gasteiger partial charge in [-0.1, -0.05) is 0 Å². The van der Waals surface area contributed by atoms with Crippen LogP contribution in [0.4, 0.5) is 0 Å². The molecule has 0 unspecified atom stereocenters. The summed E-state index contributed by atoms with van der Waals surface area (Å²) in [7, 11) is 0. The molecule has 0 spiro atoms. The topological polar surface area (TPSA) is 58.5 Å². The van der Waals surface area contributed by atoms with E-state index in [4.69, 9.17) is 4.42 Å². The van der Waals surface area contributed by atoms with Crippen molar-refractivity contribution in [2.24, 2.45) is 5.10 Å². The Labute approximate surface area is 105 Å². The molecular weight excluding hydrogens is 230 g/mol. The molecule has 0 aliphatic rings. The average molecular weight is 244 g/mol. The molecule has 2 heterocycles. The van der Waals surface area contributed by atoms with Crippen molar-refractivity contribution in [3.8, 4) is 0 Å². The van der Waals surface area contributed by atoms with Crippen LogP contribution in [0.5, 0.6) is 0 Å². The molecule has 0 aliphatic carbocycles. The number of hydrogen-bond donors (Lipinski definition) is 1. The predicted molar refractivity (Wildman–Crippen MR) is 66.1 cm³/mol. The molecule has 0 atom stereocenters. The first-order valence-corrected chi connectivity index (χ1v) is 5.65. The lowest BCUT2D eigenvalue weighted by Crippen LogP contribution is -2.31. The predicted octanol–water partition coefficient (Wildman–Crippen LogP) is 1.35. The molecule has 2 rings (SSSR count). The maximum absolute atomic E-state index is 11.7. The first-order chi connectivity index (χ1) is 8.79. The Bertz CT molecular complexity index is 530. The van der Waals surface area contributed by atoms with Gasteiger partial charge < -0.3 is 4.42 Å². The third kappa shape index (κ3) is 3.04. The van der Waals surface area contributed by atoms with Crippen molar-refractivity contribution in [1.82, 2.24) is 5.43 Å². The second kappa shape index (κ2) is 5.77. The first kappa shape index (κ1) is 12.0. The summed E-state index contributed by atoms with van der Waals surface area (Å²) in [4.78, 5) is 11.7. The first-order valence-electron chi connectivity index (χ1n) is 5.65. The van der Waals surface area contributed by atoms with E-state index in [1.807, 2.05) is 23.9 Å². The van der Waals surface area contributed by atoms with Crippen molar-refractivity contribution < 1.29 is 13.8 Å². The summed E-state index contributed by atoms with van der Waals surface area (Å²) in [6, 6.07) is 7.01. The van der Waals surface area contributed by atoms with Gasteiger partial charge in [-0.2, -0.15) is 5.10 Å². The number of nitrogens with one attached hydrogen (secondary N) is 1. The third-order valence-electron chi connectivity index (χ3n) is 2.42. The van der Waals surface area contributed by atoms with E-state index < -0.39 is 0 Å². The molecule has 1 N–H and O–H groups in total. The van der Waals surface area contributed by atoms with E-state index in [0.717, 1.165) is 6.54 Å². The fourth-order valence-electron chi connectivity index (χ4n) is 1.40. The number of hydrazone groups is 1. The fraction of sp³-hybridized carbons (Fsp3) is 0.154. The van der Waals surface area contributed by atoms with Gasteiger partial charge in [0.15, 0.2) is 12.4 Å². The van der Waals surface area contributed by atoms with Gasteiger partial charge in [-0.3, -0.25) is 4.79 Å². The van der Waals surface area contributed by atoms with Crippen LogP contribution in [0.25, 0.3) is 0 Å². The van der Waals surface area contributed by atoms with Crippen LogP contribution in [0.15, 0.2) is 52.4 Å². The van der Waals surface area contributed by atoms with Gasteiger partial charge in [0.2, 0.25) is 0 Å². The Kier molecular flexibility index (Phi) is 3.86. The zero-order chi connectivity index (χ0) is 12.8. The number of carbonyl (C=O) groups is 1. The SMILES string of the molecule is CC[n+]1ccc(C(=O)N/N=C/c2ccco2)cc1. The molecule has 0 aromatic carbocycles. The summed E-state index contributed by atoms with van der Waals surface area (Å²) >= 11 is 0. The number of hydrogen-bond acceptors (Lipinski definition) is 3. The number of carbonyl (C=O) groups excluding carboxylic acids is 1. The minimum absolute atomic E-state index is 0.249. The molecule has 2 aromatic rings. The number of pyridine rings is 1. The smallest absolute Gasteiger partial charge is 0.271 e. The quantitative estimate of drug-likeness (QED) is 0.501. The minimum atomic E-state index is -0.249. The Morgan fingerprint density at radius 1 is 1.44 bits per heavy atom. The maximum atomic E-state index is 11.7. The summed E-state index contributed by atoms with van der Waals surface area (Å²) < 4.78 is 7.02. The summed E-state index contributed by atoms with van der Waals surface area (Å²) in [5.74, 6) is 0.341. The van der Waals surface area contributed by atoms with Crippen LogP contribution in [0.2, 0.25) is 0 Å². The standard InChI is InChI=1S/C13H13N3O2/c1-2-16-7-5-11(6-8-16)13(17)15-14-10-12-4-3-9-18-12/h3-10H,2H2,1H3/p+1. The summed E-state index contributed by atoms with van der Waals surface area (Å²) in [6.45, 7) is 2.91. The van der Waals surface area contributed by atoms with Crippen molar-refractivity contribution in [2.75, 3.05) is 0 Å². The van der Waals surface area contributed by atoms with Crippen molar-refractivity contribution in [1.29, 1.82) is 0 Å². The Morgan fingerprint density at radius 3 is 2.83 bits per heavy atom. The van der Waals surface area contributed by atoms with Crippen LogP contribution in [0.1, 0.15) is 23.0 Å². The van der Waals surface area contributed by atoms with Crippen molar-refractivity contribution in [3.63, 3.8) is 0 Å². The summed E-state index contributed by atoms with van der Waals surface area (Å²) in [5, 5.41) is 3.81. The number of furan rings is 1.